The van der Waals surface area contributed by atoms with E-state index >= 15 is 0 Å². The predicted molar refractivity (Wildman–Crippen MR) is 217 cm³/mol. The van der Waals surface area contributed by atoms with Crippen LogP contribution < -0.4 is 53.2 Å². The number of aryl methyl sites for hydroxylation is 1. The fraction of sp³-hybridized carbons (Fsp3) is 0.564. The third kappa shape index (κ3) is 16.8. The van der Waals surface area contributed by atoms with Crippen molar-refractivity contribution in [1.82, 2.24) is 58.1 Å². The van der Waals surface area contributed by atoms with E-state index in [1.54, 1.807) is 13.8 Å². The molecule has 1 aromatic carbocycles. The number of hydrogen-bond donors (Lipinski definition) is 10. The lowest BCUT2D eigenvalue weighted by Gasteiger charge is -2.42. The largest absolute Gasteiger partial charge is 0.416 e. The first kappa shape index (κ1) is 51.5. The number of rotatable bonds is 5. The number of amides is 11. The second-order valence-electron chi connectivity index (χ2n) is 14.9. The predicted octanol–water partition coefficient (Wildman–Crippen LogP) is -4.02. The van der Waals surface area contributed by atoms with Crippen LogP contribution in [0.4, 0.5) is 13.2 Å². The first-order chi connectivity index (χ1) is 30.2. The molecule has 0 radical (unpaired) electrons. The number of alkyl halides is 3. The van der Waals surface area contributed by atoms with Crippen molar-refractivity contribution in [2.45, 2.75) is 70.1 Å². The van der Waals surface area contributed by atoms with E-state index in [2.05, 4.69) is 53.2 Å². The molecule has 0 aliphatic carbocycles. The highest BCUT2D eigenvalue weighted by molar-refractivity contribution is 5.98. The monoisotopic (exact) mass is 909 g/mol. The van der Waals surface area contributed by atoms with Crippen LogP contribution in [-0.4, -0.2) is 147 Å². The second kappa shape index (κ2) is 24.7. The van der Waals surface area contributed by atoms with E-state index in [0.29, 0.717) is 18.4 Å². The van der Waals surface area contributed by atoms with E-state index in [1.807, 2.05) is 0 Å². The van der Waals surface area contributed by atoms with Gasteiger partial charge in [-0.25, -0.2) is 0 Å². The van der Waals surface area contributed by atoms with Crippen LogP contribution in [0.15, 0.2) is 24.3 Å². The molecule has 10 N–H and O–H groups in total. The molecule has 11 amide bonds. The average molecular weight is 910 g/mol. The first-order valence-corrected chi connectivity index (χ1v) is 20.4. The minimum atomic E-state index is -4.60. The molecule has 1 aromatic rings. The maximum Gasteiger partial charge on any atom is 0.416 e. The molecule has 2 aliphatic heterocycles. The molecule has 0 saturated carbocycles. The SMILES string of the molecule is CC[C@H](C)C1(CCc2ccc(C(F)(F)F)cc2)NC(=O)CNC(=O)CNC(=O)CNC(=O)CNC(=O)CNC(=O)CNC(=O)CCNC(=O)CNC(=O)CNC(=O)C2CCCN2C1=O. The summed E-state index contributed by atoms with van der Waals surface area (Å²) in [5, 5.41) is 23.4. The lowest BCUT2D eigenvalue weighted by Crippen LogP contribution is -2.66. The Bertz CT molecular complexity index is 1920. The molecule has 0 bridgehead atoms. The highest BCUT2D eigenvalue weighted by Gasteiger charge is 2.49. The standard InChI is InChI=1S/C39H54F3N11O11/c1-3-23(2)38(12-10-24-6-8-25(9-7-24)39(40,41)42)37(64)53-14-4-5-26(53)36(63)51-21-34(61)45-15-28(55)43-13-11-27(54)44-16-29(56)46-17-30(57)47-18-31(58)48-19-32(59)49-20-33(60)50-22-35(62)52-38/h6-9,23,26H,3-5,10-22H2,1-2H3,(H,43,55)(H,44,54)(H,45,61)(H,46,56)(H,47,57)(H,48,58)(H,49,59)(H,50,60)(H,51,63)(H,52,62)/t23-,26?,38?/m0/s1. The van der Waals surface area contributed by atoms with E-state index in [9.17, 15) is 65.9 Å². The quantitative estimate of drug-likeness (QED) is 0.136. The van der Waals surface area contributed by atoms with Gasteiger partial charge in [-0.3, -0.25) is 52.7 Å². The number of halogens is 3. The number of carbonyl (C=O) groups excluding carboxylic acids is 11. The van der Waals surface area contributed by atoms with Crippen LogP contribution in [0.5, 0.6) is 0 Å². The van der Waals surface area contributed by atoms with Crippen molar-refractivity contribution in [2.75, 3.05) is 65.4 Å². The third-order valence-corrected chi connectivity index (χ3v) is 10.3. The molecular formula is C39H54F3N11O11. The van der Waals surface area contributed by atoms with Gasteiger partial charge in [0.05, 0.1) is 57.9 Å². The van der Waals surface area contributed by atoms with Crippen LogP contribution in [0.1, 0.15) is 57.1 Å². The van der Waals surface area contributed by atoms with Gasteiger partial charge in [0.15, 0.2) is 0 Å². The Morgan fingerprint density at radius 2 is 1.03 bits per heavy atom. The van der Waals surface area contributed by atoms with Gasteiger partial charge in [-0.05, 0) is 49.3 Å². The Hall–Kier alpha value is -6.82. The minimum Gasteiger partial charge on any atom is -0.354 e. The number of hydrogen-bond acceptors (Lipinski definition) is 11. The molecule has 2 heterocycles. The fourth-order valence-electron chi connectivity index (χ4n) is 6.56. The summed E-state index contributed by atoms with van der Waals surface area (Å²) in [4.78, 5) is 141. The Morgan fingerprint density at radius 3 is 1.48 bits per heavy atom. The third-order valence-electron chi connectivity index (χ3n) is 10.3. The van der Waals surface area contributed by atoms with E-state index < -0.39 is 147 Å². The summed E-state index contributed by atoms with van der Waals surface area (Å²) in [5.74, 6) is -8.96. The van der Waals surface area contributed by atoms with Crippen LogP contribution in [-0.2, 0) is 65.3 Å². The molecule has 0 spiro atoms. The molecule has 352 valence electrons. The molecule has 2 unspecified atom stereocenters. The van der Waals surface area contributed by atoms with Crippen molar-refractivity contribution in [2.24, 2.45) is 5.92 Å². The van der Waals surface area contributed by atoms with Gasteiger partial charge in [0.25, 0.3) is 0 Å². The smallest absolute Gasteiger partial charge is 0.354 e. The van der Waals surface area contributed by atoms with Crippen LogP contribution in [0, 0.1) is 5.92 Å². The molecule has 2 aliphatic rings. The van der Waals surface area contributed by atoms with Crippen LogP contribution in [0.2, 0.25) is 0 Å². The Morgan fingerprint density at radius 1 is 0.609 bits per heavy atom. The van der Waals surface area contributed by atoms with E-state index in [1.165, 1.54) is 17.0 Å². The normalized spacial score (nSPS) is 22.6. The van der Waals surface area contributed by atoms with Crippen molar-refractivity contribution >= 4 is 65.0 Å². The minimum absolute atomic E-state index is 0.000337. The maximum atomic E-state index is 14.8. The summed E-state index contributed by atoms with van der Waals surface area (Å²) < 4.78 is 39.9. The first-order valence-electron chi connectivity index (χ1n) is 20.4. The molecule has 2 saturated heterocycles. The molecule has 25 heteroatoms. The number of nitrogens with one attached hydrogen (secondary N) is 10. The zero-order chi connectivity index (χ0) is 47.5. The summed E-state index contributed by atoms with van der Waals surface area (Å²) in [6.07, 6.45) is -4.17. The topological polar surface area (TPSA) is 311 Å². The number of nitrogens with zero attached hydrogens (tertiary/aromatic N) is 1. The zero-order valence-corrected chi connectivity index (χ0v) is 35.3. The van der Waals surface area contributed by atoms with Crippen LogP contribution >= 0.6 is 0 Å². The molecule has 64 heavy (non-hydrogen) atoms. The van der Waals surface area contributed by atoms with E-state index in [0.717, 1.165) is 12.1 Å². The van der Waals surface area contributed by atoms with Gasteiger partial charge in [-0.15, -0.1) is 0 Å². The molecular weight excluding hydrogens is 855 g/mol. The summed E-state index contributed by atoms with van der Waals surface area (Å²) in [6.45, 7) is -1.41. The van der Waals surface area contributed by atoms with Gasteiger partial charge >= 0.3 is 6.18 Å². The van der Waals surface area contributed by atoms with Crippen molar-refractivity contribution in [3.8, 4) is 0 Å². The Labute approximate surface area is 365 Å². The lowest BCUT2D eigenvalue weighted by molar-refractivity contribution is -0.148. The van der Waals surface area contributed by atoms with E-state index in [-0.39, 0.29) is 38.8 Å². The lowest BCUT2D eigenvalue weighted by atomic mass is 9.77. The number of benzene rings is 1. The van der Waals surface area contributed by atoms with E-state index in [4.69, 9.17) is 0 Å². The summed E-state index contributed by atoms with van der Waals surface area (Å²) in [7, 11) is 0. The molecule has 3 atom stereocenters. The highest BCUT2D eigenvalue weighted by Crippen LogP contribution is 2.33. The van der Waals surface area contributed by atoms with Crippen LogP contribution in [0.25, 0.3) is 0 Å². The van der Waals surface area contributed by atoms with Crippen molar-refractivity contribution in [1.29, 1.82) is 0 Å². The molecule has 3 rings (SSSR count). The van der Waals surface area contributed by atoms with Gasteiger partial charge in [0.1, 0.15) is 11.6 Å². The summed E-state index contributed by atoms with van der Waals surface area (Å²) in [5.41, 5.74) is -2.26. The summed E-state index contributed by atoms with van der Waals surface area (Å²) >= 11 is 0. The van der Waals surface area contributed by atoms with Gasteiger partial charge in [0.2, 0.25) is 65.0 Å². The zero-order valence-electron chi connectivity index (χ0n) is 35.3. The highest BCUT2D eigenvalue weighted by atomic mass is 19.4. The number of fused-ring (bicyclic) bond motifs is 1. The van der Waals surface area contributed by atoms with Crippen molar-refractivity contribution in [3.63, 3.8) is 0 Å². The van der Waals surface area contributed by atoms with Crippen molar-refractivity contribution in [3.05, 3.63) is 35.4 Å². The van der Waals surface area contributed by atoms with Gasteiger partial charge in [-0.2, -0.15) is 13.2 Å². The molecule has 22 nitrogen and oxygen atoms in total. The van der Waals surface area contributed by atoms with Gasteiger partial charge < -0.3 is 58.1 Å². The fourth-order valence-corrected chi connectivity index (χ4v) is 6.56. The average Bonchev–Trinajstić information content (AvgIpc) is 3.76. The van der Waals surface area contributed by atoms with Gasteiger partial charge in [0, 0.05) is 19.5 Å². The molecule has 0 aromatic heterocycles. The Balaban J connectivity index is 1.81. The van der Waals surface area contributed by atoms with Crippen molar-refractivity contribution < 1.29 is 65.9 Å². The molecule has 2 fully saturated rings. The second-order valence-corrected chi connectivity index (χ2v) is 14.9. The summed E-state index contributed by atoms with van der Waals surface area (Å²) in [6, 6.07) is 3.16. The van der Waals surface area contributed by atoms with Gasteiger partial charge in [-0.1, -0.05) is 32.4 Å². The maximum absolute atomic E-state index is 14.8. The van der Waals surface area contributed by atoms with Crippen LogP contribution in [0.3, 0.4) is 0 Å². The Kier molecular flexibility index (Phi) is 19.9. The number of carbonyl (C=O) groups is 11.